The Hall–Kier alpha value is -1.59. The lowest BCUT2D eigenvalue weighted by Gasteiger charge is -2.55. The van der Waals surface area contributed by atoms with Crippen LogP contribution in [0.1, 0.15) is 71.1 Å². The van der Waals surface area contributed by atoms with Crippen LogP contribution in [0.2, 0.25) is 0 Å². The molecule has 1 atom stereocenters. The van der Waals surface area contributed by atoms with E-state index in [0.717, 1.165) is 56.3 Å². The molecule has 4 saturated carbocycles. The van der Waals surface area contributed by atoms with Gasteiger partial charge in [0.2, 0.25) is 17.7 Å². The fraction of sp³-hybridized carbons (Fsp3) is 0.864. The van der Waals surface area contributed by atoms with E-state index in [0.29, 0.717) is 19.5 Å². The van der Waals surface area contributed by atoms with E-state index >= 15 is 0 Å². The third-order valence-corrected chi connectivity index (χ3v) is 7.54. The summed E-state index contributed by atoms with van der Waals surface area (Å²) in [5, 5.41) is 6.03. The van der Waals surface area contributed by atoms with Gasteiger partial charge in [-0.25, -0.2) is 0 Å². The largest absolute Gasteiger partial charge is 0.352 e. The van der Waals surface area contributed by atoms with Crippen molar-refractivity contribution >= 4 is 17.7 Å². The highest BCUT2D eigenvalue weighted by Gasteiger charge is 2.54. The van der Waals surface area contributed by atoms with Gasteiger partial charge in [-0.3, -0.25) is 14.4 Å². The average Bonchev–Trinajstić information content (AvgIpc) is 2.65. The van der Waals surface area contributed by atoms with Crippen molar-refractivity contribution in [1.29, 1.82) is 0 Å². The van der Waals surface area contributed by atoms with Gasteiger partial charge in [0.25, 0.3) is 0 Å². The van der Waals surface area contributed by atoms with Crippen molar-refractivity contribution in [2.45, 2.75) is 77.2 Å². The van der Waals surface area contributed by atoms with Crippen LogP contribution < -0.4 is 10.6 Å². The van der Waals surface area contributed by atoms with Gasteiger partial charge in [0.1, 0.15) is 0 Å². The van der Waals surface area contributed by atoms with E-state index in [1.165, 1.54) is 19.3 Å². The second-order valence-electron chi connectivity index (χ2n) is 9.88. The second kappa shape index (κ2) is 8.03. The summed E-state index contributed by atoms with van der Waals surface area (Å²) in [6, 6.07) is 0.0376. The molecule has 1 saturated heterocycles. The number of rotatable bonds is 6. The fourth-order valence-electron chi connectivity index (χ4n) is 6.69. The lowest BCUT2D eigenvalue weighted by molar-refractivity contribution is -0.148. The fourth-order valence-corrected chi connectivity index (χ4v) is 6.69. The first-order chi connectivity index (χ1) is 13.5. The third kappa shape index (κ3) is 4.06. The van der Waals surface area contributed by atoms with Crippen LogP contribution in [-0.4, -0.2) is 48.3 Å². The molecule has 1 heterocycles. The quantitative estimate of drug-likeness (QED) is 0.731. The predicted octanol–water partition coefficient (Wildman–Crippen LogP) is 2.23. The number of carbonyl (C=O) groups excluding carboxylic acids is 3. The normalized spacial score (nSPS) is 36.2. The number of piperidine rings is 1. The smallest absolute Gasteiger partial charge is 0.242 e. The molecule has 0 radical (unpaired) electrons. The molecule has 156 valence electrons. The Morgan fingerprint density at radius 2 is 1.68 bits per heavy atom. The van der Waals surface area contributed by atoms with Gasteiger partial charge in [0.15, 0.2) is 0 Å². The Morgan fingerprint density at radius 1 is 1.04 bits per heavy atom. The van der Waals surface area contributed by atoms with Crippen molar-refractivity contribution < 1.29 is 14.4 Å². The molecule has 1 aliphatic heterocycles. The zero-order chi connectivity index (χ0) is 19.7. The molecule has 0 spiro atoms. The van der Waals surface area contributed by atoms with E-state index < -0.39 is 0 Å². The van der Waals surface area contributed by atoms with E-state index in [1.807, 2.05) is 6.92 Å². The monoisotopic (exact) mass is 389 g/mol. The van der Waals surface area contributed by atoms with E-state index in [2.05, 4.69) is 10.6 Å². The molecule has 6 heteroatoms. The number of hydrogen-bond acceptors (Lipinski definition) is 3. The lowest BCUT2D eigenvalue weighted by Crippen LogP contribution is -2.56. The third-order valence-electron chi connectivity index (χ3n) is 7.54. The van der Waals surface area contributed by atoms with Crippen LogP contribution >= 0.6 is 0 Å². The first kappa shape index (κ1) is 19.7. The van der Waals surface area contributed by atoms with E-state index in [1.54, 1.807) is 4.90 Å². The highest BCUT2D eigenvalue weighted by atomic mass is 16.2. The van der Waals surface area contributed by atoms with Crippen molar-refractivity contribution in [1.82, 2.24) is 15.5 Å². The van der Waals surface area contributed by atoms with Crippen LogP contribution in [0.5, 0.6) is 0 Å². The van der Waals surface area contributed by atoms with Gasteiger partial charge in [0.05, 0.1) is 6.54 Å². The minimum absolute atomic E-state index is 0.0208. The molecule has 4 bridgehead atoms. The van der Waals surface area contributed by atoms with Gasteiger partial charge in [-0.05, 0) is 75.5 Å². The summed E-state index contributed by atoms with van der Waals surface area (Å²) in [5.41, 5.74) is -0.201. The zero-order valence-corrected chi connectivity index (χ0v) is 17.2. The minimum Gasteiger partial charge on any atom is -0.352 e. The molecule has 4 aliphatic carbocycles. The van der Waals surface area contributed by atoms with Crippen molar-refractivity contribution in [3.63, 3.8) is 0 Å². The maximum absolute atomic E-state index is 13.0. The number of nitrogens with one attached hydrogen (secondary N) is 2. The Kier molecular flexibility index (Phi) is 5.66. The molecule has 5 aliphatic rings. The summed E-state index contributed by atoms with van der Waals surface area (Å²) in [5.74, 6) is 2.33. The summed E-state index contributed by atoms with van der Waals surface area (Å²) in [4.78, 5) is 39.4. The Labute approximate surface area is 168 Å². The number of hydrogen-bond donors (Lipinski definition) is 2. The van der Waals surface area contributed by atoms with Crippen LogP contribution in [0, 0.1) is 23.2 Å². The van der Waals surface area contributed by atoms with Crippen molar-refractivity contribution in [3.05, 3.63) is 0 Å². The Balaban J connectivity index is 1.27. The summed E-state index contributed by atoms with van der Waals surface area (Å²) < 4.78 is 0. The molecule has 28 heavy (non-hydrogen) atoms. The van der Waals surface area contributed by atoms with Crippen LogP contribution in [0.15, 0.2) is 0 Å². The summed E-state index contributed by atoms with van der Waals surface area (Å²) >= 11 is 0. The van der Waals surface area contributed by atoms with Crippen LogP contribution in [0.4, 0.5) is 0 Å². The molecule has 5 fully saturated rings. The molecule has 5 rings (SSSR count). The van der Waals surface area contributed by atoms with E-state index in [-0.39, 0.29) is 35.7 Å². The van der Waals surface area contributed by atoms with Gasteiger partial charge in [0, 0.05) is 31.0 Å². The Bertz CT molecular complexity index is 597. The SMILES string of the molecule is CCCC(=O)NC1CCCN(C(=O)CNC(=O)C23CC4CC(CC(C4)C2)C3)C1. The standard InChI is InChI=1S/C22H35N3O3/c1-2-4-19(26)24-18-5-3-6-25(14-18)20(27)13-23-21(28)22-10-15-7-16(11-22)9-17(8-15)12-22/h15-18H,2-14H2,1H3,(H,23,28)(H,24,26). The first-order valence-electron chi connectivity index (χ1n) is 11.3. The van der Waals surface area contributed by atoms with Gasteiger partial charge in [-0.1, -0.05) is 6.92 Å². The van der Waals surface area contributed by atoms with Crippen molar-refractivity contribution in [2.24, 2.45) is 23.2 Å². The molecule has 6 nitrogen and oxygen atoms in total. The maximum Gasteiger partial charge on any atom is 0.242 e. The number of amides is 3. The zero-order valence-electron chi connectivity index (χ0n) is 17.2. The molecule has 3 amide bonds. The molecule has 0 aromatic carbocycles. The highest BCUT2D eigenvalue weighted by Crippen LogP contribution is 2.60. The Morgan fingerprint density at radius 3 is 2.29 bits per heavy atom. The van der Waals surface area contributed by atoms with E-state index in [4.69, 9.17) is 0 Å². The van der Waals surface area contributed by atoms with Crippen molar-refractivity contribution in [2.75, 3.05) is 19.6 Å². The van der Waals surface area contributed by atoms with Crippen LogP contribution in [0.3, 0.4) is 0 Å². The topological polar surface area (TPSA) is 78.5 Å². The average molecular weight is 390 g/mol. The summed E-state index contributed by atoms with van der Waals surface area (Å²) in [6.45, 7) is 3.35. The number of carbonyl (C=O) groups is 3. The highest BCUT2D eigenvalue weighted by molar-refractivity contribution is 5.88. The number of nitrogens with zero attached hydrogens (tertiary/aromatic N) is 1. The molecule has 2 N–H and O–H groups in total. The number of likely N-dealkylation sites (tertiary alicyclic amines) is 1. The maximum atomic E-state index is 13.0. The molecule has 0 aromatic rings. The van der Waals surface area contributed by atoms with Gasteiger partial charge in [-0.2, -0.15) is 0 Å². The first-order valence-corrected chi connectivity index (χ1v) is 11.3. The van der Waals surface area contributed by atoms with Gasteiger partial charge in [-0.15, -0.1) is 0 Å². The van der Waals surface area contributed by atoms with Crippen LogP contribution in [0.25, 0.3) is 0 Å². The minimum atomic E-state index is -0.201. The van der Waals surface area contributed by atoms with E-state index in [9.17, 15) is 14.4 Å². The molecular weight excluding hydrogens is 354 g/mol. The molecular formula is C22H35N3O3. The van der Waals surface area contributed by atoms with Crippen LogP contribution in [-0.2, 0) is 14.4 Å². The summed E-state index contributed by atoms with van der Waals surface area (Å²) in [6.07, 6.45) is 10.2. The lowest BCUT2D eigenvalue weighted by atomic mass is 9.49. The summed E-state index contributed by atoms with van der Waals surface area (Å²) in [7, 11) is 0. The second-order valence-corrected chi connectivity index (χ2v) is 9.88. The molecule has 0 aromatic heterocycles. The van der Waals surface area contributed by atoms with Gasteiger partial charge >= 0.3 is 0 Å². The van der Waals surface area contributed by atoms with Crippen molar-refractivity contribution in [3.8, 4) is 0 Å². The predicted molar refractivity (Wildman–Crippen MR) is 106 cm³/mol. The molecule has 1 unspecified atom stereocenters. The van der Waals surface area contributed by atoms with Gasteiger partial charge < -0.3 is 15.5 Å².